The molecule has 1 fully saturated rings. The van der Waals surface area contributed by atoms with Gasteiger partial charge in [-0.2, -0.15) is 18.4 Å². The van der Waals surface area contributed by atoms with E-state index in [4.69, 9.17) is 22.6 Å². The van der Waals surface area contributed by atoms with Crippen LogP contribution in [0.1, 0.15) is 25.0 Å². The molecule has 0 spiro atoms. The number of hydrogen-bond donors (Lipinski definition) is 2. The van der Waals surface area contributed by atoms with E-state index < -0.39 is 41.5 Å². The van der Waals surface area contributed by atoms with Crippen LogP contribution in [0.15, 0.2) is 18.2 Å². The Bertz CT molecular complexity index is 789. The number of thiocarbonyl (C=S) groups is 1. The van der Waals surface area contributed by atoms with Crippen molar-refractivity contribution >= 4 is 28.9 Å². The Hall–Kier alpha value is -2.22. The van der Waals surface area contributed by atoms with Crippen molar-refractivity contribution in [1.82, 2.24) is 4.90 Å². The molecule has 2 N–H and O–H groups in total. The van der Waals surface area contributed by atoms with E-state index in [9.17, 15) is 23.1 Å². The second kappa shape index (κ2) is 6.83. The van der Waals surface area contributed by atoms with E-state index in [2.05, 4.69) is 0 Å². The van der Waals surface area contributed by atoms with Crippen molar-refractivity contribution < 1.29 is 28.2 Å². The normalized spacial score (nSPS) is 18.2. The highest BCUT2D eigenvalue weighted by atomic mass is 32.1. The molecule has 1 aromatic rings. The second-order valence-electron chi connectivity index (χ2n) is 6.27. The van der Waals surface area contributed by atoms with E-state index in [1.165, 1.54) is 30.9 Å². The van der Waals surface area contributed by atoms with Gasteiger partial charge in [0.25, 0.3) is 5.91 Å². The van der Waals surface area contributed by atoms with Gasteiger partial charge in [-0.25, -0.2) is 0 Å². The van der Waals surface area contributed by atoms with Gasteiger partial charge >= 0.3 is 6.18 Å². The van der Waals surface area contributed by atoms with Crippen molar-refractivity contribution in [2.45, 2.75) is 31.7 Å². The van der Waals surface area contributed by atoms with E-state index in [1.807, 2.05) is 0 Å². The van der Waals surface area contributed by atoms with Crippen molar-refractivity contribution in [2.75, 3.05) is 18.1 Å². The minimum Gasteiger partial charge on any atom is -0.394 e. The summed E-state index contributed by atoms with van der Waals surface area (Å²) < 4.78 is 39.6. The average molecular weight is 387 g/mol. The summed E-state index contributed by atoms with van der Waals surface area (Å²) in [4.78, 5) is 15.0. The number of hydrogen-bond acceptors (Lipinski definition) is 5. The van der Waals surface area contributed by atoms with Gasteiger partial charge < -0.3 is 15.1 Å². The molecule has 26 heavy (non-hydrogen) atoms. The number of rotatable bonds is 4. The molecule has 10 heteroatoms. The number of alkyl halides is 3. The summed E-state index contributed by atoms with van der Waals surface area (Å²) in [5.74, 6) is -0.578. The highest BCUT2D eigenvalue weighted by Gasteiger charge is 2.50. The zero-order valence-electron chi connectivity index (χ0n) is 13.9. The molecule has 1 saturated heterocycles. The zero-order chi connectivity index (χ0) is 19.9. The fourth-order valence-corrected chi connectivity index (χ4v) is 3.13. The number of halogens is 3. The molecule has 6 nitrogen and oxygen atoms in total. The molecule has 1 amide bonds. The minimum atomic E-state index is -4.77. The molecular weight excluding hydrogens is 371 g/mol. The van der Waals surface area contributed by atoms with Gasteiger partial charge in [0.15, 0.2) is 5.11 Å². The molecule has 1 unspecified atom stereocenters. The maximum absolute atomic E-state index is 13.2. The van der Waals surface area contributed by atoms with Crippen LogP contribution in [0.4, 0.5) is 18.9 Å². The molecular formula is C16H16F3N3O3S. The first-order valence-corrected chi connectivity index (χ1v) is 7.92. The number of β-amino-alcohol motifs (C(OH)–C–C–N with tert-alkyl or cyclic N) is 1. The number of nitriles is 1. The first kappa shape index (κ1) is 20.1. The number of anilines is 1. The third-order valence-corrected chi connectivity index (χ3v) is 4.52. The molecule has 2 rings (SSSR count). The number of benzene rings is 1. The summed E-state index contributed by atoms with van der Waals surface area (Å²) in [6.07, 6.45) is -5.94. The van der Waals surface area contributed by atoms with Crippen LogP contribution >= 0.6 is 12.2 Å². The Balaban J connectivity index is 2.51. The van der Waals surface area contributed by atoms with E-state index in [-0.39, 0.29) is 17.3 Å². The van der Waals surface area contributed by atoms with Crippen LogP contribution in [0.2, 0.25) is 0 Å². The van der Waals surface area contributed by atoms with Crippen molar-refractivity contribution in [1.29, 1.82) is 5.26 Å². The van der Waals surface area contributed by atoms with Crippen LogP contribution in [-0.2, 0) is 11.0 Å². The lowest BCUT2D eigenvalue weighted by Gasteiger charge is -2.30. The maximum Gasteiger partial charge on any atom is 0.417 e. The molecule has 1 aliphatic rings. The number of carbonyl (C=O) groups is 1. The molecule has 0 aromatic heterocycles. The van der Waals surface area contributed by atoms with E-state index in [1.54, 1.807) is 0 Å². The predicted octanol–water partition coefficient (Wildman–Crippen LogP) is 1.64. The lowest BCUT2D eigenvalue weighted by molar-refractivity contribution is -0.137. The summed E-state index contributed by atoms with van der Waals surface area (Å²) in [6.45, 7) is 2.31. The van der Waals surface area contributed by atoms with Crippen LogP contribution in [0, 0.1) is 11.3 Å². The summed E-state index contributed by atoms with van der Waals surface area (Å²) in [6, 6.07) is 4.36. The van der Waals surface area contributed by atoms with Gasteiger partial charge in [0.05, 0.1) is 35.6 Å². The van der Waals surface area contributed by atoms with Crippen LogP contribution in [0.5, 0.6) is 0 Å². The van der Waals surface area contributed by atoms with Crippen LogP contribution in [-0.4, -0.2) is 50.9 Å². The Kier molecular flexibility index (Phi) is 5.28. The van der Waals surface area contributed by atoms with Gasteiger partial charge in [-0.1, -0.05) is 0 Å². The number of aliphatic hydroxyl groups is 2. The van der Waals surface area contributed by atoms with Gasteiger partial charge in [0, 0.05) is 6.54 Å². The molecule has 1 aromatic carbocycles. The topological polar surface area (TPSA) is 87.8 Å². The van der Waals surface area contributed by atoms with Gasteiger partial charge in [-0.05, 0) is 44.3 Å². The number of carbonyl (C=O) groups excluding carboxylic acids is 1. The monoisotopic (exact) mass is 387 g/mol. The Labute approximate surface area is 153 Å². The molecule has 1 heterocycles. The quantitative estimate of drug-likeness (QED) is 0.764. The maximum atomic E-state index is 13.2. The lowest BCUT2D eigenvalue weighted by Crippen LogP contribution is -2.48. The molecule has 0 radical (unpaired) electrons. The highest BCUT2D eigenvalue weighted by molar-refractivity contribution is 7.80. The Morgan fingerprint density at radius 2 is 2.00 bits per heavy atom. The second-order valence-corrected chi connectivity index (χ2v) is 6.63. The minimum absolute atomic E-state index is 0.0923. The van der Waals surface area contributed by atoms with Crippen molar-refractivity contribution in [3.8, 4) is 6.07 Å². The van der Waals surface area contributed by atoms with Crippen molar-refractivity contribution in [3.05, 3.63) is 29.3 Å². The summed E-state index contributed by atoms with van der Waals surface area (Å²) in [5.41, 5.74) is -3.08. The first-order valence-electron chi connectivity index (χ1n) is 7.51. The van der Waals surface area contributed by atoms with Crippen molar-refractivity contribution in [2.24, 2.45) is 0 Å². The van der Waals surface area contributed by atoms with Gasteiger partial charge in [0.2, 0.25) is 0 Å². The zero-order valence-corrected chi connectivity index (χ0v) is 14.7. The van der Waals surface area contributed by atoms with Gasteiger partial charge in [-0.15, -0.1) is 0 Å². The molecule has 0 bridgehead atoms. The van der Waals surface area contributed by atoms with Crippen molar-refractivity contribution in [3.63, 3.8) is 0 Å². The number of aliphatic hydroxyl groups excluding tert-OH is 2. The molecule has 140 valence electrons. The van der Waals surface area contributed by atoms with Crippen LogP contribution < -0.4 is 4.90 Å². The Morgan fingerprint density at radius 3 is 2.50 bits per heavy atom. The van der Waals surface area contributed by atoms with E-state index in [0.29, 0.717) is 6.07 Å². The Morgan fingerprint density at radius 1 is 1.38 bits per heavy atom. The highest BCUT2D eigenvalue weighted by Crippen LogP contribution is 2.37. The summed E-state index contributed by atoms with van der Waals surface area (Å²) in [7, 11) is 0. The third-order valence-electron chi connectivity index (χ3n) is 4.11. The molecule has 1 atom stereocenters. The number of amides is 1. The molecule has 1 aliphatic heterocycles. The van der Waals surface area contributed by atoms with E-state index >= 15 is 0 Å². The standard InChI is InChI=1S/C16H16F3N3O3S/c1-15(2)13(25)22(14(26)21(15)7-11(24)8-23)10-4-3-9(6-20)12(5-10)16(17,18)19/h3-5,11,23-24H,7-8H2,1-2H3. The number of nitrogens with zero attached hydrogens (tertiary/aromatic N) is 3. The summed E-state index contributed by atoms with van der Waals surface area (Å²) in [5, 5.41) is 27.5. The van der Waals surface area contributed by atoms with E-state index in [0.717, 1.165) is 11.0 Å². The summed E-state index contributed by atoms with van der Waals surface area (Å²) >= 11 is 5.23. The molecule has 0 saturated carbocycles. The average Bonchev–Trinajstić information content (AvgIpc) is 2.73. The third kappa shape index (κ3) is 3.38. The fraction of sp³-hybridized carbons (Fsp3) is 0.438. The van der Waals surface area contributed by atoms with Crippen LogP contribution in [0.3, 0.4) is 0 Å². The fourth-order valence-electron chi connectivity index (χ4n) is 2.64. The molecule has 0 aliphatic carbocycles. The predicted molar refractivity (Wildman–Crippen MR) is 90.1 cm³/mol. The first-order chi connectivity index (χ1) is 11.9. The van der Waals surface area contributed by atoms with Gasteiger partial charge in [0.1, 0.15) is 5.54 Å². The largest absolute Gasteiger partial charge is 0.417 e. The van der Waals surface area contributed by atoms with Crippen LogP contribution in [0.25, 0.3) is 0 Å². The smallest absolute Gasteiger partial charge is 0.394 e. The lowest BCUT2D eigenvalue weighted by atomic mass is 10.0. The van der Waals surface area contributed by atoms with Gasteiger partial charge in [-0.3, -0.25) is 9.69 Å². The SMILES string of the molecule is CC1(C)C(=O)N(c2ccc(C#N)c(C(F)(F)F)c2)C(=S)N1CC(O)CO.